The smallest absolute Gasteiger partial charge is 0.322 e. The molecular formula is C17H26N8O7. The molecule has 0 aliphatic rings. The monoisotopic (exact) mass is 454 g/mol. The van der Waals surface area contributed by atoms with Gasteiger partial charge in [-0.1, -0.05) is 0 Å². The van der Waals surface area contributed by atoms with Crippen LogP contribution in [0.5, 0.6) is 0 Å². The zero-order valence-corrected chi connectivity index (χ0v) is 17.0. The highest BCUT2D eigenvalue weighted by Gasteiger charge is 2.29. The number of primary amides is 2. The lowest BCUT2D eigenvalue weighted by atomic mass is 10.1. The Labute approximate surface area is 181 Å². The van der Waals surface area contributed by atoms with Crippen molar-refractivity contribution >= 4 is 35.5 Å². The SMILES string of the molecule is NC(=O)CCC(NC(=O)C(N)CC(N)=O)C(=O)NC(Cc1cnc[nH]1)C(=O)NCC(=O)O. The summed E-state index contributed by atoms with van der Waals surface area (Å²) in [5.74, 6) is -5.41. The van der Waals surface area contributed by atoms with E-state index >= 15 is 0 Å². The van der Waals surface area contributed by atoms with Crippen molar-refractivity contribution in [2.75, 3.05) is 6.54 Å². The van der Waals surface area contributed by atoms with Crippen LogP contribution in [0.25, 0.3) is 0 Å². The van der Waals surface area contributed by atoms with E-state index in [0.717, 1.165) is 0 Å². The van der Waals surface area contributed by atoms with E-state index < -0.39 is 66.6 Å². The number of carboxylic acid groups (broad SMARTS) is 1. The molecule has 5 amide bonds. The quantitative estimate of drug-likeness (QED) is 0.135. The number of hydrogen-bond acceptors (Lipinski definition) is 8. The molecule has 176 valence electrons. The second kappa shape index (κ2) is 12.6. The number of aromatic nitrogens is 2. The number of aromatic amines is 1. The van der Waals surface area contributed by atoms with Crippen molar-refractivity contribution in [3.05, 3.63) is 18.2 Å². The summed E-state index contributed by atoms with van der Waals surface area (Å²) in [6.07, 6.45) is 1.70. The lowest BCUT2D eigenvalue weighted by molar-refractivity contribution is -0.138. The maximum Gasteiger partial charge on any atom is 0.322 e. The first-order chi connectivity index (χ1) is 15.0. The summed E-state index contributed by atoms with van der Waals surface area (Å²) in [4.78, 5) is 76.7. The molecule has 3 unspecified atom stereocenters. The van der Waals surface area contributed by atoms with Gasteiger partial charge in [0.05, 0.1) is 18.8 Å². The first kappa shape index (κ1) is 26.0. The average molecular weight is 454 g/mol. The molecule has 0 aliphatic carbocycles. The van der Waals surface area contributed by atoms with E-state index in [-0.39, 0.29) is 19.3 Å². The van der Waals surface area contributed by atoms with E-state index in [0.29, 0.717) is 5.69 Å². The Hall–Kier alpha value is -4.01. The Morgan fingerprint density at radius 2 is 1.66 bits per heavy atom. The molecule has 1 aromatic rings. The number of aliphatic carboxylic acids is 1. The highest BCUT2D eigenvalue weighted by Crippen LogP contribution is 2.04. The van der Waals surface area contributed by atoms with Gasteiger partial charge in [-0.2, -0.15) is 0 Å². The molecule has 3 atom stereocenters. The van der Waals surface area contributed by atoms with Crippen LogP contribution in [-0.2, 0) is 35.2 Å². The van der Waals surface area contributed by atoms with Gasteiger partial charge in [-0.15, -0.1) is 0 Å². The van der Waals surface area contributed by atoms with Gasteiger partial charge in [-0.3, -0.25) is 28.8 Å². The van der Waals surface area contributed by atoms with Crippen molar-refractivity contribution in [1.29, 1.82) is 0 Å². The van der Waals surface area contributed by atoms with Gasteiger partial charge in [0.1, 0.15) is 18.6 Å². The van der Waals surface area contributed by atoms with Gasteiger partial charge in [0.25, 0.3) is 0 Å². The second-order valence-electron chi connectivity index (χ2n) is 6.80. The van der Waals surface area contributed by atoms with Crippen molar-refractivity contribution in [3.8, 4) is 0 Å². The van der Waals surface area contributed by atoms with Crippen LogP contribution in [0.1, 0.15) is 25.0 Å². The fourth-order valence-electron chi connectivity index (χ4n) is 2.53. The zero-order chi connectivity index (χ0) is 24.3. The average Bonchev–Trinajstić information content (AvgIpc) is 3.20. The third kappa shape index (κ3) is 9.66. The molecule has 0 spiro atoms. The largest absolute Gasteiger partial charge is 0.480 e. The standard InChI is InChI=1S/C17H26N8O7/c18-9(4-13(20)27)15(30)24-10(1-2-12(19)26)17(32)25-11(3-8-5-21-7-23-8)16(31)22-6-14(28)29/h5,7,9-11H,1-4,6,18H2,(H2,19,26)(H2,20,27)(H,21,23)(H,22,31)(H,24,30)(H,25,32)(H,28,29). The molecule has 1 rings (SSSR count). The molecule has 1 heterocycles. The molecule has 0 aliphatic heterocycles. The minimum Gasteiger partial charge on any atom is -0.480 e. The van der Waals surface area contributed by atoms with Crippen LogP contribution in [0.2, 0.25) is 0 Å². The summed E-state index contributed by atoms with van der Waals surface area (Å²) >= 11 is 0. The molecule has 0 fully saturated rings. The fraction of sp³-hybridized carbons (Fsp3) is 0.471. The van der Waals surface area contributed by atoms with Crippen LogP contribution in [0.15, 0.2) is 12.5 Å². The van der Waals surface area contributed by atoms with Crippen molar-refractivity contribution < 1.29 is 33.9 Å². The molecule has 0 saturated heterocycles. The fourth-order valence-corrected chi connectivity index (χ4v) is 2.53. The van der Waals surface area contributed by atoms with Crippen molar-refractivity contribution in [3.63, 3.8) is 0 Å². The Morgan fingerprint density at radius 1 is 1.00 bits per heavy atom. The van der Waals surface area contributed by atoms with E-state index in [1.54, 1.807) is 0 Å². The minimum absolute atomic E-state index is 0.0745. The van der Waals surface area contributed by atoms with Crippen molar-refractivity contribution in [2.45, 2.75) is 43.8 Å². The van der Waals surface area contributed by atoms with Gasteiger partial charge in [-0.05, 0) is 6.42 Å². The number of nitrogens with one attached hydrogen (secondary N) is 4. The predicted octanol–water partition coefficient (Wildman–Crippen LogP) is -4.41. The third-order valence-electron chi connectivity index (χ3n) is 4.10. The van der Waals surface area contributed by atoms with Crippen LogP contribution < -0.4 is 33.2 Å². The summed E-state index contributed by atoms with van der Waals surface area (Å²) < 4.78 is 0. The maximum atomic E-state index is 12.8. The molecular weight excluding hydrogens is 428 g/mol. The van der Waals surface area contributed by atoms with E-state index in [1.165, 1.54) is 12.5 Å². The second-order valence-corrected chi connectivity index (χ2v) is 6.80. The van der Waals surface area contributed by atoms with Gasteiger partial charge < -0.3 is 43.2 Å². The molecule has 0 saturated carbocycles. The number of rotatable bonds is 14. The Balaban J connectivity index is 2.96. The molecule has 1 aromatic heterocycles. The predicted molar refractivity (Wildman–Crippen MR) is 107 cm³/mol. The number of H-pyrrole nitrogens is 1. The van der Waals surface area contributed by atoms with E-state index in [9.17, 15) is 28.8 Å². The number of nitrogens with two attached hydrogens (primary N) is 3. The Morgan fingerprint density at radius 3 is 2.19 bits per heavy atom. The topological polar surface area (TPSA) is 265 Å². The van der Waals surface area contributed by atoms with Crippen molar-refractivity contribution in [2.24, 2.45) is 17.2 Å². The molecule has 15 heteroatoms. The number of carbonyl (C=O) groups is 6. The van der Waals surface area contributed by atoms with Gasteiger partial charge in [0.15, 0.2) is 0 Å². The van der Waals surface area contributed by atoms with Crippen LogP contribution in [0, 0.1) is 0 Å². The Bertz CT molecular complexity index is 842. The lowest BCUT2D eigenvalue weighted by Gasteiger charge is -2.23. The van der Waals surface area contributed by atoms with Crippen molar-refractivity contribution in [1.82, 2.24) is 25.9 Å². The molecule has 0 bridgehead atoms. The summed E-state index contributed by atoms with van der Waals surface area (Å²) in [5.41, 5.74) is 16.1. The number of carbonyl (C=O) groups excluding carboxylic acids is 5. The summed E-state index contributed by atoms with van der Waals surface area (Å²) in [6, 6.07) is -3.91. The first-order valence-corrected chi connectivity index (χ1v) is 9.39. The number of carboxylic acids is 1. The number of hydrogen-bond donors (Lipinski definition) is 8. The lowest BCUT2D eigenvalue weighted by Crippen LogP contribution is -2.57. The van der Waals surface area contributed by atoms with Gasteiger partial charge in [0.2, 0.25) is 29.5 Å². The summed E-state index contributed by atoms with van der Waals surface area (Å²) in [6.45, 7) is -0.683. The zero-order valence-electron chi connectivity index (χ0n) is 17.0. The highest BCUT2D eigenvalue weighted by molar-refractivity contribution is 5.95. The maximum absolute atomic E-state index is 12.8. The normalized spacial score (nSPS) is 13.3. The molecule has 15 nitrogen and oxygen atoms in total. The Kier molecular flexibility index (Phi) is 10.3. The molecule has 0 aromatic carbocycles. The third-order valence-corrected chi connectivity index (χ3v) is 4.10. The molecule has 11 N–H and O–H groups in total. The van der Waals surface area contributed by atoms with Crippen LogP contribution in [0.3, 0.4) is 0 Å². The van der Waals surface area contributed by atoms with E-state index in [2.05, 4.69) is 25.9 Å². The van der Waals surface area contributed by atoms with Gasteiger partial charge >= 0.3 is 5.97 Å². The minimum atomic E-state index is -1.34. The van der Waals surface area contributed by atoms with Crippen LogP contribution in [-0.4, -0.2) is 75.2 Å². The van der Waals surface area contributed by atoms with E-state index in [4.69, 9.17) is 22.3 Å². The van der Waals surface area contributed by atoms with E-state index in [1.807, 2.05) is 0 Å². The number of nitrogens with zero attached hydrogens (tertiary/aromatic N) is 1. The highest BCUT2D eigenvalue weighted by atomic mass is 16.4. The summed E-state index contributed by atoms with van der Waals surface area (Å²) in [5, 5.41) is 15.6. The molecule has 0 radical (unpaired) electrons. The van der Waals surface area contributed by atoms with Crippen LogP contribution >= 0.6 is 0 Å². The van der Waals surface area contributed by atoms with Gasteiger partial charge in [-0.25, -0.2) is 4.98 Å². The number of amides is 5. The first-order valence-electron chi connectivity index (χ1n) is 9.39. The van der Waals surface area contributed by atoms with Crippen LogP contribution in [0.4, 0.5) is 0 Å². The summed E-state index contributed by atoms with van der Waals surface area (Å²) in [7, 11) is 0. The van der Waals surface area contributed by atoms with Gasteiger partial charge in [0, 0.05) is 24.7 Å². The molecule has 32 heavy (non-hydrogen) atoms. The number of imidazole rings is 1.